The Balaban J connectivity index is 1.82. The van der Waals surface area contributed by atoms with Gasteiger partial charge in [0.15, 0.2) is 0 Å². The second-order valence-electron chi connectivity index (χ2n) is 4.97. The van der Waals surface area contributed by atoms with Crippen LogP contribution in [-0.2, 0) is 6.54 Å². The molecule has 2 amide bonds. The zero-order valence-corrected chi connectivity index (χ0v) is 12.3. The number of hydrogen-bond donors (Lipinski definition) is 3. The normalized spacial score (nSPS) is 18.3. The number of benzene rings is 1. The third kappa shape index (κ3) is 4.02. The molecule has 3 N–H and O–H groups in total. The van der Waals surface area contributed by atoms with Gasteiger partial charge in [-0.1, -0.05) is 11.6 Å². The first-order valence-corrected chi connectivity index (χ1v) is 7.21. The van der Waals surface area contributed by atoms with E-state index >= 15 is 0 Å². The topological polar surface area (TPSA) is 64.6 Å². The molecule has 0 saturated carbocycles. The van der Waals surface area contributed by atoms with Crippen LogP contribution in [0.4, 0.5) is 4.79 Å². The van der Waals surface area contributed by atoms with Crippen LogP contribution in [0, 0.1) is 0 Å². The van der Waals surface area contributed by atoms with E-state index in [-0.39, 0.29) is 17.8 Å². The van der Waals surface area contributed by atoms with Crippen LogP contribution in [0.1, 0.15) is 18.9 Å². The van der Waals surface area contributed by atoms with Crippen molar-refractivity contribution in [3.05, 3.63) is 28.8 Å². The van der Waals surface area contributed by atoms with Crippen LogP contribution in [0.3, 0.4) is 0 Å². The lowest BCUT2D eigenvalue weighted by molar-refractivity contribution is 0.208. The zero-order valence-electron chi connectivity index (χ0n) is 11.5. The number of rotatable bonds is 4. The van der Waals surface area contributed by atoms with Crippen LogP contribution in [0.5, 0.6) is 5.75 Å². The molecule has 2 rings (SSSR count). The summed E-state index contributed by atoms with van der Waals surface area (Å²) in [6.07, 6.45) is 0.934. The Bertz CT molecular complexity index is 461. The maximum atomic E-state index is 11.7. The van der Waals surface area contributed by atoms with Gasteiger partial charge in [0.2, 0.25) is 0 Å². The second-order valence-corrected chi connectivity index (χ2v) is 5.40. The van der Waals surface area contributed by atoms with E-state index in [1.807, 2.05) is 17.9 Å². The van der Waals surface area contributed by atoms with Gasteiger partial charge in [0.25, 0.3) is 0 Å². The standard InChI is InChI=1S/C14H20ClN3O2/c1-2-16-14(20)18-4-3-12(9-18)17-8-10-5-11(15)7-13(19)6-10/h5-7,12,17,19H,2-4,8-9H2,1H3,(H,16,20). The molecule has 1 aliphatic rings. The van der Waals surface area contributed by atoms with Gasteiger partial charge in [0, 0.05) is 37.2 Å². The Morgan fingerprint density at radius 2 is 2.30 bits per heavy atom. The summed E-state index contributed by atoms with van der Waals surface area (Å²) < 4.78 is 0. The number of aromatic hydroxyl groups is 1. The van der Waals surface area contributed by atoms with Gasteiger partial charge in [-0.2, -0.15) is 0 Å². The number of hydrogen-bond acceptors (Lipinski definition) is 3. The smallest absolute Gasteiger partial charge is 0.317 e. The van der Waals surface area contributed by atoms with E-state index < -0.39 is 0 Å². The van der Waals surface area contributed by atoms with Gasteiger partial charge in [-0.05, 0) is 37.1 Å². The van der Waals surface area contributed by atoms with Crippen LogP contribution in [0.2, 0.25) is 5.02 Å². The number of phenolic OH excluding ortho intramolecular Hbond substituents is 1. The van der Waals surface area contributed by atoms with E-state index in [1.54, 1.807) is 6.07 Å². The van der Waals surface area contributed by atoms with Gasteiger partial charge < -0.3 is 20.6 Å². The highest BCUT2D eigenvalue weighted by atomic mass is 35.5. The Hall–Kier alpha value is -1.46. The van der Waals surface area contributed by atoms with Crippen LogP contribution in [-0.4, -0.2) is 41.7 Å². The van der Waals surface area contributed by atoms with Gasteiger partial charge >= 0.3 is 6.03 Å². The van der Waals surface area contributed by atoms with Crippen molar-refractivity contribution in [2.75, 3.05) is 19.6 Å². The Kier molecular flexibility index (Phi) is 5.09. The summed E-state index contributed by atoms with van der Waals surface area (Å²) in [5.74, 6) is 0.171. The molecule has 20 heavy (non-hydrogen) atoms. The largest absolute Gasteiger partial charge is 0.508 e. The van der Waals surface area contributed by atoms with Crippen molar-refractivity contribution in [1.82, 2.24) is 15.5 Å². The van der Waals surface area contributed by atoms with Gasteiger partial charge in [0.1, 0.15) is 5.75 Å². The lowest BCUT2D eigenvalue weighted by Crippen LogP contribution is -2.40. The van der Waals surface area contributed by atoms with Crippen molar-refractivity contribution in [3.8, 4) is 5.75 Å². The summed E-state index contributed by atoms with van der Waals surface area (Å²) in [5, 5.41) is 16.2. The monoisotopic (exact) mass is 297 g/mol. The number of urea groups is 1. The van der Waals surface area contributed by atoms with Gasteiger partial charge in [0.05, 0.1) is 0 Å². The molecule has 1 aromatic carbocycles. The highest BCUT2D eigenvalue weighted by Crippen LogP contribution is 2.20. The summed E-state index contributed by atoms with van der Waals surface area (Å²) >= 11 is 5.90. The number of likely N-dealkylation sites (tertiary alicyclic amines) is 1. The number of carbonyl (C=O) groups excluding carboxylic acids is 1. The van der Waals surface area contributed by atoms with Gasteiger partial charge in [-0.25, -0.2) is 4.79 Å². The number of carbonyl (C=O) groups is 1. The van der Waals surface area contributed by atoms with Crippen molar-refractivity contribution in [3.63, 3.8) is 0 Å². The SMILES string of the molecule is CCNC(=O)N1CCC(NCc2cc(O)cc(Cl)c2)C1. The molecule has 1 atom stereocenters. The third-order valence-electron chi connectivity index (χ3n) is 3.34. The molecule has 1 saturated heterocycles. The summed E-state index contributed by atoms with van der Waals surface area (Å²) in [5.41, 5.74) is 0.937. The van der Waals surface area contributed by atoms with Crippen LogP contribution in [0.25, 0.3) is 0 Å². The molecular formula is C14H20ClN3O2. The molecule has 5 nitrogen and oxygen atoms in total. The lowest BCUT2D eigenvalue weighted by atomic mass is 10.2. The molecule has 1 heterocycles. The third-order valence-corrected chi connectivity index (χ3v) is 3.56. The maximum absolute atomic E-state index is 11.7. The molecule has 1 fully saturated rings. The van der Waals surface area contributed by atoms with Gasteiger partial charge in [-0.15, -0.1) is 0 Å². The molecule has 0 aliphatic carbocycles. The molecule has 1 aromatic rings. The summed E-state index contributed by atoms with van der Waals surface area (Å²) in [6.45, 7) is 4.66. The van der Waals surface area contributed by atoms with E-state index in [4.69, 9.17) is 11.6 Å². The average Bonchev–Trinajstić information content (AvgIpc) is 2.84. The summed E-state index contributed by atoms with van der Waals surface area (Å²) in [6, 6.07) is 5.30. The van der Waals surface area contributed by atoms with E-state index in [1.165, 1.54) is 6.07 Å². The fourth-order valence-electron chi connectivity index (χ4n) is 2.37. The zero-order chi connectivity index (χ0) is 14.5. The fraction of sp³-hybridized carbons (Fsp3) is 0.500. The minimum Gasteiger partial charge on any atom is -0.508 e. The number of amides is 2. The van der Waals surface area contributed by atoms with Crippen molar-refractivity contribution < 1.29 is 9.90 Å². The molecule has 0 radical (unpaired) electrons. The number of halogens is 1. The maximum Gasteiger partial charge on any atom is 0.317 e. The van der Waals surface area contributed by atoms with Gasteiger partial charge in [-0.3, -0.25) is 0 Å². The van der Waals surface area contributed by atoms with Crippen molar-refractivity contribution in [2.45, 2.75) is 25.9 Å². The van der Waals surface area contributed by atoms with Crippen molar-refractivity contribution in [2.24, 2.45) is 0 Å². The second kappa shape index (κ2) is 6.81. The van der Waals surface area contributed by atoms with Crippen molar-refractivity contribution in [1.29, 1.82) is 0 Å². The fourth-order valence-corrected chi connectivity index (χ4v) is 2.62. The Morgan fingerprint density at radius 3 is 3.00 bits per heavy atom. The number of phenols is 1. The average molecular weight is 298 g/mol. The first-order valence-electron chi connectivity index (χ1n) is 6.83. The van der Waals surface area contributed by atoms with E-state index in [0.717, 1.165) is 18.5 Å². The molecule has 110 valence electrons. The molecule has 0 bridgehead atoms. The van der Waals surface area contributed by atoms with E-state index in [2.05, 4.69) is 10.6 Å². The van der Waals surface area contributed by atoms with Crippen LogP contribution >= 0.6 is 11.6 Å². The van der Waals surface area contributed by atoms with Crippen LogP contribution in [0.15, 0.2) is 18.2 Å². The molecule has 6 heteroatoms. The number of nitrogens with zero attached hydrogens (tertiary/aromatic N) is 1. The Labute approximate surface area is 123 Å². The lowest BCUT2D eigenvalue weighted by Gasteiger charge is -2.17. The first kappa shape index (κ1) is 14.9. The van der Waals surface area contributed by atoms with Crippen LogP contribution < -0.4 is 10.6 Å². The Morgan fingerprint density at radius 1 is 1.50 bits per heavy atom. The summed E-state index contributed by atoms with van der Waals surface area (Å²) in [7, 11) is 0. The van der Waals surface area contributed by atoms with Crippen molar-refractivity contribution >= 4 is 17.6 Å². The molecule has 0 aromatic heterocycles. The minimum absolute atomic E-state index is 0.00259. The predicted octanol–water partition coefficient (Wildman–Crippen LogP) is 1.94. The highest BCUT2D eigenvalue weighted by molar-refractivity contribution is 6.30. The quantitative estimate of drug-likeness (QED) is 0.796. The molecule has 1 aliphatic heterocycles. The molecule has 0 spiro atoms. The van der Waals surface area contributed by atoms with E-state index in [9.17, 15) is 9.90 Å². The van der Waals surface area contributed by atoms with E-state index in [0.29, 0.717) is 24.7 Å². The number of nitrogens with one attached hydrogen (secondary N) is 2. The summed E-state index contributed by atoms with van der Waals surface area (Å²) in [4.78, 5) is 13.5. The predicted molar refractivity (Wildman–Crippen MR) is 79.0 cm³/mol. The molecule has 1 unspecified atom stereocenters. The first-order chi connectivity index (χ1) is 9.58. The molecular weight excluding hydrogens is 278 g/mol. The highest BCUT2D eigenvalue weighted by Gasteiger charge is 2.25. The minimum atomic E-state index is -0.00259.